The van der Waals surface area contributed by atoms with Crippen molar-refractivity contribution in [2.75, 3.05) is 26.2 Å². The molecule has 0 spiro atoms. The predicted octanol–water partition coefficient (Wildman–Crippen LogP) is 4.86. The van der Waals surface area contributed by atoms with Crippen LogP contribution < -0.4 is 5.32 Å². The molecule has 0 radical (unpaired) electrons. The van der Waals surface area contributed by atoms with Crippen molar-refractivity contribution >= 4 is 40.7 Å². The van der Waals surface area contributed by atoms with E-state index in [1.54, 1.807) is 4.90 Å². The molecule has 1 aromatic carbocycles. The van der Waals surface area contributed by atoms with Gasteiger partial charge in [0.1, 0.15) is 11.6 Å². The van der Waals surface area contributed by atoms with E-state index in [0.29, 0.717) is 26.2 Å². The predicted molar refractivity (Wildman–Crippen MR) is 91.0 cm³/mol. The SMILES string of the molecule is Cl.Cl.Fc1ccc(Br)c(F)c1[C@H](CCC(F)(F)F)N1CCNCC1. The van der Waals surface area contributed by atoms with E-state index in [1.165, 1.54) is 6.07 Å². The molecule has 1 aliphatic heterocycles. The highest BCUT2D eigenvalue weighted by atomic mass is 79.9. The van der Waals surface area contributed by atoms with Gasteiger partial charge in [0.2, 0.25) is 0 Å². The van der Waals surface area contributed by atoms with Crippen LogP contribution in [0, 0.1) is 11.6 Å². The van der Waals surface area contributed by atoms with Crippen molar-refractivity contribution in [1.82, 2.24) is 10.2 Å². The topological polar surface area (TPSA) is 15.3 Å². The molecule has 1 aliphatic rings. The van der Waals surface area contributed by atoms with E-state index in [4.69, 9.17) is 0 Å². The van der Waals surface area contributed by atoms with Crippen LogP contribution in [0.5, 0.6) is 0 Å². The third-order valence-electron chi connectivity index (χ3n) is 3.71. The summed E-state index contributed by atoms with van der Waals surface area (Å²) in [6.07, 6.45) is -5.80. The lowest BCUT2D eigenvalue weighted by Gasteiger charge is -2.35. The number of hydrogen-bond acceptors (Lipinski definition) is 2. The van der Waals surface area contributed by atoms with Gasteiger partial charge in [-0.3, -0.25) is 4.90 Å². The maximum absolute atomic E-state index is 14.3. The summed E-state index contributed by atoms with van der Waals surface area (Å²) in [4.78, 5) is 1.70. The second-order valence-corrected chi connectivity index (χ2v) is 6.07. The van der Waals surface area contributed by atoms with Crippen LogP contribution >= 0.6 is 40.7 Å². The first-order valence-electron chi connectivity index (χ1n) is 6.94. The van der Waals surface area contributed by atoms with Crippen LogP contribution in [0.1, 0.15) is 24.4 Å². The monoisotopic (exact) mass is 458 g/mol. The minimum Gasteiger partial charge on any atom is -0.314 e. The van der Waals surface area contributed by atoms with Gasteiger partial charge in [-0.2, -0.15) is 13.2 Å². The zero-order valence-corrected chi connectivity index (χ0v) is 15.7. The summed E-state index contributed by atoms with van der Waals surface area (Å²) in [7, 11) is 0. The summed E-state index contributed by atoms with van der Waals surface area (Å²) in [5.41, 5.74) is -0.291. The van der Waals surface area contributed by atoms with Crippen LogP contribution in [-0.4, -0.2) is 37.3 Å². The fraction of sp³-hybridized carbons (Fsp3) is 0.571. The highest BCUT2D eigenvalue weighted by Crippen LogP contribution is 2.36. The molecule has 1 fully saturated rings. The van der Waals surface area contributed by atoms with Gasteiger partial charge in [0.15, 0.2) is 0 Å². The van der Waals surface area contributed by atoms with Crippen LogP contribution in [0.2, 0.25) is 0 Å². The molecule has 0 amide bonds. The second kappa shape index (κ2) is 10.1. The van der Waals surface area contributed by atoms with Gasteiger partial charge < -0.3 is 5.32 Å². The fourth-order valence-corrected chi connectivity index (χ4v) is 3.00. The van der Waals surface area contributed by atoms with Crippen molar-refractivity contribution in [1.29, 1.82) is 0 Å². The van der Waals surface area contributed by atoms with Gasteiger partial charge in [-0.15, -0.1) is 24.8 Å². The molecule has 1 aromatic rings. The number of nitrogens with one attached hydrogen (secondary N) is 1. The Labute approximate surface area is 158 Å². The highest BCUT2D eigenvalue weighted by Gasteiger charge is 2.34. The maximum atomic E-state index is 14.3. The van der Waals surface area contributed by atoms with Crippen molar-refractivity contribution in [2.24, 2.45) is 0 Å². The molecule has 0 aromatic heterocycles. The van der Waals surface area contributed by atoms with Gasteiger partial charge >= 0.3 is 6.18 Å². The molecule has 1 atom stereocenters. The molecule has 1 saturated heterocycles. The third-order valence-corrected chi connectivity index (χ3v) is 4.32. The Morgan fingerprint density at radius 3 is 2.25 bits per heavy atom. The number of rotatable bonds is 4. The largest absolute Gasteiger partial charge is 0.389 e. The first kappa shape index (κ1) is 23.9. The minimum atomic E-state index is -4.36. The number of alkyl halides is 3. The zero-order valence-electron chi connectivity index (χ0n) is 12.5. The van der Waals surface area contributed by atoms with Crippen molar-refractivity contribution in [2.45, 2.75) is 25.1 Å². The van der Waals surface area contributed by atoms with Gasteiger partial charge in [-0.05, 0) is 34.5 Å². The Morgan fingerprint density at radius 2 is 1.71 bits per heavy atom. The van der Waals surface area contributed by atoms with Gasteiger partial charge in [-0.25, -0.2) is 8.78 Å². The van der Waals surface area contributed by atoms with E-state index in [9.17, 15) is 22.0 Å². The van der Waals surface area contributed by atoms with E-state index >= 15 is 0 Å². The highest BCUT2D eigenvalue weighted by molar-refractivity contribution is 9.10. The number of halogens is 8. The number of nitrogens with zero attached hydrogens (tertiary/aromatic N) is 1. The van der Waals surface area contributed by atoms with Crippen molar-refractivity contribution < 1.29 is 22.0 Å². The molecule has 0 saturated carbocycles. The molecule has 2 rings (SSSR count). The standard InChI is InChI=1S/C14H16BrF5N2.2ClH/c15-9-1-2-10(16)12(13(9)17)11(3-4-14(18,19)20)22-7-5-21-6-8-22;;/h1-2,11,21H,3-8H2;2*1H/t11-;;/m0../s1. The molecule has 10 heteroatoms. The van der Waals surface area contributed by atoms with E-state index in [0.717, 1.165) is 6.07 Å². The molecule has 2 nitrogen and oxygen atoms in total. The summed E-state index contributed by atoms with van der Waals surface area (Å²) in [5, 5.41) is 3.07. The summed E-state index contributed by atoms with van der Waals surface area (Å²) in [6.45, 7) is 2.07. The summed E-state index contributed by atoms with van der Waals surface area (Å²) in [6, 6.07) is 1.36. The minimum absolute atomic E-state index is 0. The van der Waals surface area contributed by atoms with E-state index in [-0.39, 0.29) is 41.3 Å². The van der Waals surface area contributed by atoms with Crippen LogP contribution in [0.15, 0.2) is 16.6 Å². The Kier molecular flexibility index (Phi) is 10.0. The molecule has 0 aliphatic carbocycles. The molecule has 24 heavy (non-hydrogen) atoms. The van der Waals surface area contributed by atoms with Crippen molar-refractivity contribution in [3.63, 3.8) is 0 Å². The third kappa shape index (κ3) is 6.29. The van der Waals surface area contributed by atoms with E-state index in [2.05, 4.69) is 21.2 Å². The van der Waals surface area contributed by atoms with E-state index < -0.39 is 30.3 Å². The lowest BCUT2D eigenvalue weighted by molar-refractivity contribution is -0.138. The van der Waals surface area contributed by atoms with Crippen LogP contribution in [0.3, 0.4) is 0 Å². The van der Waals surface area contributed by atoms with Crippen molar-refractivity contribution in [3.8, 4) is 0 Å². The Bertz CT molecular complexity index is 525. The quantitative estimate of drug-likeness (QED) is 0.511. The lowest BCUT2D eigenvalue weighted by atomic mass is 9.98. The summed E-state index contributed by atoms with van der Waals surface area (Å²) >= 11 is 2.97. The van der Waals surface area contributed by atoms with Gasteiger partial charge in [0.25, 0.3) is 0 Å². The summed E-state index contributed by atoms with van der Waals surface area (Å²) in [5.74, 6) is -1.64. The number of hydrogen-bond donors (Lipinski definition) is 1. The molecular weight excluding hydrogens is 442 g/mol. The normalized spacial score (nSPS) is 16.9. The lowest BCUT2D eigenvalue weighted by Crippen LogP contribution is -2.45. The fourth-order valence-electron chi connectivity index (χ4n) is 2.65. The Morgan fingerprint density at radius 1 is 1.12 bits per heavy atom. The van der Waals surface area contributed by atoms with Crippen LogP contribution in [0.4, 0.5) is 22.0 Å². The van der Waals surface area contributed by atoms with Crippen LogP contribution in [0.25, 0.3) is 0 Å². The molecule has 0 bridgehead atoms. The van der Waals surface area contributed by atoms with Gasteiger partial charge in [0.05, 0.1) is 4.47 Å². The second-order valence-electron chi connectivity index (χ2n) is 5.21. The van der Waals surface area contributed by atoms with Gasteiger partial charge in [0, 0.05) is 44.2 Å². The van der Waals surface area contributed by atoms with Gasteiger partial charge in [-0.1, -0.05) is 0 Å². The number of piperazine rings is 1. The average Bonchev–Trinajstić information content (AvgIpc) is 2.46. The smallest absolute Gasteiger partial charge is 0.314 e. The molecule has 1 heterocycles. The Balaban J connectivity index is 0.00000264. The summed E-state index contributed by atoms with van der Waals surface area (Å²) < 4.78 is 66.1. The molecule has 1 N–H and O–H groups in total. The Hall–Kier alpha value is -0.150. The molecule has 140 valence electrons. The van der Waals surface area contributed by atoms with Crippen molar-refractivity contribution in [3.05, 3.63) is 33.8 Å². The van der Waals surface area contributed by atoms with E-state index in [1.807, 2.05) is 0 Å². The average molecular weight is 460 g/mol. The molecule has 0 unspecified atom stereocenters. The first-order chi connectivity index (χ1) is 10.3. The first-order valence-corrected chi connectivity index (χ1v) is 7.74. The van der Waals surface area contributed by atoms with Crippen LogP contribution in [-0.2, 0) is 0 Å². The maximum Gasteiger partial charge on any atom is 0.389 e. The zero-order chi connectivity index (χ0) is 16.3. The number of benzene rings is 1. The molecular formula is C14H18BrCl2F5N2.